The third-order valence-electron chi connectivity index (χ3n) is 8.87. The van der Waals surface area contributed by atoms with Gasteiger partial charge in [0.15, 0.2) is 0 Å². The number of piperidine rings is 1. The van der Waals surface area contributed by atoms with Crippen molar-refractivity contribution in [2.75, 3.05) is 44.2 Å². The summed E-state index contributed by atoms with van der Waals surface area (Å²) in [6.45, 7) is 8.96. The summed E-state index contributed by atoms with van der Waals surface area (Å²) in [7, 11) is 0. The van der Waals surface area contributed by atoms with E-state index in [1.165, 1.54) is 27.9 Å². The van der Waals surface area contributed by atoms with Crippen molar-refractivity contribution in [2.45, 2.75) is 32.7 Å². The highest BCUT2D eigenvalue weighted by molar-refractivity contribution is 5.83. The van der Waals surface area contributed by atoms with Crippen LogP contribution in [0.15, 0.2) is 78.9 Å². The molecule has 1 spiro atoms. The molecule has 2 heterocycles. The molecular weight excluding hydrogens is 442 g/mol. The number of anilines is 1. The lowest BCUT2D eigenvalue weighted by Crippen LogP contribution is -2.50. The van der Waals surface area contributed by atoms with Crippen LogP contribution in [0.25, 0.3) is 11.1 Å². The van der Waals surface area contributed by atoms with Crippen LogP contribution >= 0.6 is 0 Å². The molecule has 0 unspecified atom stereocenters. The molecule has 0 radical (unpaired) electrons. The summed E-state index contributed by atoms with van der Waals surface area (Å²) in [4.78, 5) is 20.4. The van der Waals surface area contributed by atoms with E-state index in [9.17, 15) is 4.79 Å². The Kier molecular flexibility index (Phi) is 6.30. The second-order valence-electron chi connectivity index (χ2n) is 11.1. The maximum atomic E-state index is 13.3. The molecule has 0 N–H and O–H groups in total. The molecule has 2 aliphatic heterocycles. The summed E-state index contributed by atoms with van der Waals surface area (Å²) in [6.07, 6.45) is 3.42. The molecule has 0 aromatic heterocycles. The summed E-state index contributed by atoms with van der Waals surface area (Å²) >= 11 is 0. The molecule has 3 fully saturated rings. The van der Waals surface area contributed by atoms with Gasteiger partial charge in [0, 0.05) is 44.3 Å². The van der Waals surface area contributed by atoms with Crippen molar-refractivity contribution >= 4 is 11.6 Å². The molecule has 3 aromatic carbocycles. The van der Waals surface area contributed by atoms with Crippen molar-refractivity contribution in [3.63, 3.8) is 0 Å². The second-order valence-corrected chi connectivity index (χ2v) is 11.1. The third kappa shape index (κ3) is 4.67. The number of benzene rings is 3. The number of likely N-dealkylation sites (tertiary alicyclic amines) is 1. The van der Waals surface area contributed by atoms with Crippen LogP contribution in [0.3, 0.4) is 0 Å². The SMILES string of the molecule is Cc1ccccc1-c1ccc(CN2CCC3(CC2)C[C@H]3C(=O)N2CCN(c3ccccc3)CC2)cc1. The van der Waals surface area contributed by atoms with Gasteiger partial charge in [-0.3, -0.25) is 9.69 Å². The summed E-state index contributed by atoms with van der Waals surface area (Å²) in [5, 5.41) is 0. The number of rotatable bonds is 5. The zero-order chi connectivity index (χ0) is 24.5. The van der Waals surface area contributed by atoms with E-state index >= 15 is 0 Å². The van der Waals surface area contributed by atoms with Gasteiger partial charge in [0.05, 0.1) is 0 Å². The molecule has 1 aliphatic carbocycles. The minimum absolute atomic E-state index is 0.260. The van der Waals surface area contributed by atoms with Crippen molar-refractivity contribution in [3.8, 4) is 11.1 Å². The summed E-state index contributed by atoms with van der Waals surface area (Å²) < 4.78 is 0. The molecule has 4 heteroatoms. The fourth-order valence-corrected chi connectivity index (χ4v) is 6.39. The lowest BCUT2D eigenvalue weighted by Gasteiger charge is -2.37. The van der Waals surface area contributed by atoms with Crippen LogP contribution in [-0.2, 0) is 11.3 Å². The quantitative estimate of drug-likeness (QED) is 0.476. The van der Waals surface area contributed by atoms with Gasteiger partial charge in [0.1, 0.15) is 0 Å². The van der Waals surface area contributed by atoms with Crippen LogP contribution in [0.5, 0.6) is 0 Å². The molecule has 1 saturated carbocycles. The summed E-state index contributed by atoms with van der Waals surface area (Å²) in [5.74, 6) is 0.680. The summed E-state index contributed by atoms with van der Waals surface area (Å²) in [5.41, 5.74) is 6.85. The van der Waals surface area contributed by atoms with E-state index in [0.717, 1.165) is 65.1 Å². The average Bonchev–Trinajstić information content (AvgIpc) is 3.64. The van der Waals surface area contributed by atoms with E-state index < -0.39 is 0 Å². The van der Waals surface area contributed by atoms with Crippen LogP contribution in [-0.4, -0.2) is 55.0 Å². The highest BCUT2D eigenvalue weighted by Gasteiger charge is 2.59. The molecule has 2 saturated heterocycles. The van der Waals surface area contributed by atoms with E-state index in [1.807, 2.05) is 0 Å². The first-order valence-electron chi connectivity index (χ1n) is 13.6. The number of aryl methyl sites for hydroxylation is 1. The Morgan fingerprint density at radius 1 is 0.806 bits per heavy atom. The van der Waals surface area contributed by atoms with E-state index in [0.29, 0.717) is 5.91 Å². The Balaban J connectivity index is 0.985. The largest absolute Gasteiger partial charge is 0.368 e. The molecule has 1 amide bonds. The lowest BCUT2D eigenvalue weighted by atomic mass is 9.90. The number of carbonyl (C=O) groups excluding carboxylic acids is 1. The van der Waals surface area contributed by atoms with Crippen molar-refractivity contribution < 1.29 is 4.79 Å². The Morgan fingerprint density at radius 2 is 1.47 bits per heavy atom. The lowest BCUT2D eigenvalue weighted by molar-refractivity contribution is -0.134. The third-order valence-corrected chi connectivity index (χ3v) is 8.87. The zero-order valence-electron chi connectivity index (χ0n) is 21.4. The number of amides is 1. The van der Waals surface area contributed by atoms with E-state index in [4.69, 9.17) is 0 Å². The number of hydrogen-bond donors (Lipinski definition) is 0. The van der Waals surface area contributed by atoms with Gasteiger partial charge in [0.25, 0.3) is 0 Å². The number of nitrogens with zero attached hydrogens (tertiary/aromatic N) is 3. The maximum absolute atomic E-state index is 13.3. The van der Waals surface area contributed by atoms with Crippen molar-refractivity contribution in [3.05, 3.63) is 90.0 Å². The van der Waals surface area contributed by atoms with Crippen LogP contribution in [0.2, 0.25) is 0 Å². The van der Waals surface area contributed by atoms with Gasteiger partial charge >= 0.3 is 0 Å². The normalized spacial score (nSPS) is 21.5. The molecular formula is C32H37N3O. The molecule has 186 valence electrons. The first kappa shape index (κ1) is 23.3. The van der Waals surface area contributed by atoms with Crippen LogP contribution in [0.1, 0.15) is 30.4 Å². The topological polar surface area (TPSA) is 26.8 Å². The number of hydrogen-bond acceptors (Lipinski definition) is 3. The first-order chi connectivity index (χ1) is 17.6. The fourth-order valence-electron chi connectivity index (χ4n) is 6.39. The second kappa shape index (κ2) is 9.74. The first-order valence-corrected chi connectivity index (χ1v) is 13.6. The van der Waals surface area contributed by atoms with Gasteiger partial charge in [-0.25, -0.2) is 0 Å². The van der Waals surface area contributed by atoms with E-state index in [2.05, 4.69) is 100 Å². The van der Waals surface area contributed by atoms with Gasteiger partial charge < -0.3 is 9.80 Å². The van der Waals surface area contributed by atoms with Crippen molar-refractivity contribution in [1.29, 1.82) is 0 Å². The van der Waals surface area contributed by atoms with Crippen LogP contribution < -0.4 is 4.90 Å². The molecule has 6 rings (SSSR count). The number of para-hydroxylation sites is 1. The smallest absolute Gasteiger partial charge is 0.226 e. The minimum atomic E-state index is 0.260. The standard InChI is InChI=1S/C32H37N3O/c1-25-7-5-6-10-29(25)27-13-11-26(12-14-27)24-33-17-15-32(16-18-33)23-30(32)31(36)35-21-19-34(20-22-35)28-8-3-2-4-9-28/h2-14,30H,15-24H2,1H3/t30-/m0/s1. The molecule has 36 heavy (non-hydrogen) atoms. The Hall–Kier alpha value is -3.11. The molecule has 3 aromatic rings. The van der Waals surface area contributed by atoms with Gasteiger partial charge in [-0.2, -0.15) is 0 Å². The minimum Gasteiger partial charge on any atom is -0.368 e. The van der Waals surface area contributed by atoms with E-state index in [-0.39, 0.29) is 11.3 Å². The predicted octanol–water partition coefficient (Wildman–Crippen LogP) is 5.61. The van der Waals surface area contributed by atoms with Gasteiger partial charge in [-0.05, 0) is 79.1 Å². The Bertz CT molecular complexity index is 1190. The molecule has 4 nitrogen and oxygen atoms in total. The van der Waals surface area contributed by atoms with Crippen molar-refractivity contribution in [1.82, 2.24) is 9.80 Å². The summed E-state index contributed by atoms with van der Waals surface area (Å²) in [6, 6.07) is 28.2. The van der Waals surface area contributed by atoms with Gasteiger partial charge in [0.2, 0.25) is 5.91 Å². The van der Waals surface area contributed by atoms with Crippen molar-refractivity contribution in [2.24, 2.45) is 11.3 Å². The highest BCUT2D eigenvalue weighted by atomic mass is 16.2. The fraction of sp³-hybridized carbons (Fsp3) is 0.406. The average molecular weight is 480 g/mol. The maximum Gasteiger partial charge on any atom is 0.226 e. The van der Waals surface area contributed by atoms with Gasteiger partial charge in [-0.1, -0.05) is 66.7 Å². The Morgan fingerprint density at radius 3 is 2.17 bits per heavy atom. The monoisotopic (exact) mass is 479 g/mol. The van der Waals surface area contributed by atoms with E-state index in [1.54, 1.807) is 0 Å². The number of piperazine rings is 1. The van der Waals surface area contributed by atoms with Gasteiger partial charge in [-0.15, -0.1) is 0 Å². The molecule has 1 atom stereocenters. The van der Waals surface area contributed by atoms with Crippen LogP contribution in [0.4, 0.5) is 5.69 Å². The number of carbonyl (C=O) groups is 1. The van der Waals surface area contributed by atoms with Crippen LogP contribution in [0, 0.1) is 18.3 Å². The molecule has 0 bridgehead atoms. The Labute approximate surface area is 215 Å². The highest BCUT2D eigenvalue weighted by Crippen LogP contribution is 2.60. The zero-order valence-corrected chi connectivity index (χ0v) is 21.4. The predicted molar refractivity (Wildman–Crippen MR) is 147 cm³/mol. The molecule has 3 aliphatic rings.